The monoisotopic (exact) mass is 388 g/mol. The number of amides is 2. The number of nitrogens with two attached hydrogens (primary N) is 2. The zero-order valence-corrected chi connectivity index (χ0v) is 15.9. The molecule has 0 saturated heterocycles. The first-order chi connectivity index (χ1) is 12.6. The molecule has 10 heteroatoms. The highest BCUT2D eigenvalue weighted by molar-refractivity contribution is 5.91. The predicted octanol–water partition coefficient (Wildman–Crippen LogP) is -0.592. The van der Waals surface area contributed by atoms with Crippen LogP contribution in [0.5, 0.6) is 0 Å². The molecule has 0 heterocycles. The Balaban J connectivity index is 5.04. The van der Waals surface area contributed by atoms with Gasteiger partial charge in [0.05, 0.1) is 6.04 Å². The van der Waals surface area contributed by atoms with Crippen LogP contribution >= 0.6 is 0 Å². The molecular formula is C17H32N4O6. The standard InChI is InChI=1S/C17H32N4O6/c1-3-10(2)14(17(26)27)21-16(25)12(6-4-5-9-18)20-15(24)11(19)7-8-13(22)23/h10-12,14H,3-9,18-19H2,1-2H3,(H,20,24)(H,21,25)(H,22,23)(H,26,27)/t10-,11-,12-,14-/m0/s1. The largest absolute Gasteiger partial charge is 0.481 e. The van der Waals surface area contributed by atoms with Crippen LogP contribution in [0.15, 0.2) is 0 Å². The minimum atomic E-state index is -1.15. The molecule has 0 aromatic carbocycles. The normalized spacial score (nSPS) is 15.3. The minimum absolute atomic E-state index is 0.0665. The van der Waals surface area contributed by atoms with Gasteiger partial charge in [-0.25, -0.2) is 4.79 Å². The topological polar surface area (TPSA) is 185 Å². The molecule has 0 spiro atoms. The number of hydrogen-bond donors (Lipinski definition) is 6. The number of unbranched alkanes of at least 4 members (excludes halogenated alkanes) is 1. The van der Waals surface area contributed by atoms with Crippen molar-refractivity contribution in [1.29, 1.82) is 0 Å². The van der Waals surface area contributed by atoms with E-state index in [1.54, 1.807) is 6.92 Å². The molecule has 0 aromatic rings. The van der Waals surface area contributed by atoms with Gasteiger partial charge in [-0.05, 0) is 38.1 Å². The second kappa shape index (κ2) is 13.0. The molecule has 0 bridgehead atoms. The maximum absolute atomic E-state index is 12.5. The third-order valence-corrected chi connectivity index (χ3v) is 4.36. The molecule has 0 saturated carbocycles. The highest BCUT2D eigenvalue weighted by Crippen LogP contribution is 2.10. The van der Waals surface area contributed by atoms with E-state index in [2.05, 4.69) is 10.6 Å². The number of rotatable bonds is 14. The molecule has 4 atom stereocenters. The van der Waals surface area contributed by atoms with Crippen LogP contribution in [-0.2, 0) is 19.2 Å². The molecule has 27 heavy (non-hydrogen) atoms. The molecule has 0 rings (SSSR count). The molecule has 0 aliphatic rings. The van der Waals surface area contributed by atoms with Crippen molar-refractivity contribution in [2.24, 2.45) is 17.4 Å². The quantitative estimate of drug-likeness (QED) is 0.213. The van der Waals surface area contributed by atoms with E-state index < -0.39 is 41.9 Å². The van der Waals surface area contributed by atoms with Crippen molar-refractivity contribution in [3.63, 3.8) is 0 Å². The van der Waals surface area contributed by atoms with Gasteiger partial charge in [-0.2, -0.15) is 0 Å². The van der Waals surface area contributed by atoms with Crippen molar-refractivity contribution in [2.45, 2.75) is 70.5 Å². The minimum Gasteiger partial charge on any atom is -0.481 e. The molecule has 0 aliphatic carbocycles. The first-order valence-corrected chi connectivity index (χ1v) is 9.14. The average molecular weight is 388 g/mol. The number of carboxylic acid groups (broad SMARTS) is 2. The summed E-state index contributed by atoms with van der Waals surface area (Å²) in [5.41, 5.74) is 11.1. The van der Waals surface area contributed by atoms with Crippen molar-refractivity contribution < 1.29 is 29.4 Å². The highest BCUT2D eigenvalue weighted by atomic mass is 16.4. The van der Waals surface area contributed by atoms with E-state index in [9.17, 15) is 24.3 Å². The van der Waals surface area contributed by atoms with E-state index in [0.717, 1.165) is 0 Å². The molecule has 2 amide bonds. The fraction of sp³-hybridized carbons (Fsp3) is 0.765. The number of nitrogens with one attached hydrogen (secondary N) is 2. The Labute approximate surface area is 159 Å². The van der Waals surface area contributed by atoms with E-state index in [4.69, 9.17) is 16.6 Å². The van der Waals surface area contributed by atoms with Gasteiger partial charge >= 0.3 is 11.9 Å². The average Bonchev–Trinajstić information content (AvgIpc) is 2.61. The lowest BCUT2D eigenvalue weighted by molar-refractivity contribution is -0.143. The summed E-state index contributed by atoms with van der Waals surface area (Å²) in [5.74, 6) is -3.78. The summed E-state index contributed by atoms with van der Waals surface area (Å²) in [6, 6.07) is -3.11. The van der Waals surface area contributed by atoms with Gasteiger partial charge in [0.15, 0.2) is 0 Å². The van der Waals surface area contributed by atoms with Crippen molar-refractivity contribution in [1.82, 2.24) is 10.6 Å². The molecule has 0 radical (unpaired) electrons. The lowest BCUT2D eigenvalue weighted by Gasteiger charge is -2.25. The van der Waals surface area contributed by atoms with Gasteiger partial charge in [0, 0.05) is 6.42 Å². The number of carboxylic acids is 2. The number of carbonyl (C=O) groups is 4. The van der Waals surface area contributed by atoms with Crippen LogP contribution in [0, 0.1) is 5.92 Å². The highest BCUT2D eigenvalue weighted by Gasteiger charge is 2.30. The SMILES string of the molecule is CC[C@H](C)[C@H](NC(=O)[C@H](CCCCN)NC(=O)[C@@H](N)CCC(=O)O)C(=O)O. The summed E-state index contributed by atoms with van der Waals surface area (Å²) in [5, 5.41) is 22.9. The van der Waals surface area contributed by atoms with E-state index in [1.165, 1.54) is 0 Å². The lowest BCUT2D eigenvalue weighted by atomic mass is 9.98. The Morgan fingerprint density at radius 3 is 2.11 bits per heavy atom. The zero-order valence-electron chi connectivity index (χ0n) is 15.9. The molecule has 156 valence electrons. The number of hydrogen-bond acceptors (Lipinski definition) is 6. The van der Waals surface area contributed by atoms with Crippen LogP contribution in [0.4, 0.5) is 0 Å². The van der Waals surface area contributed by atoms with Gasteiger partial charge in [0.1, 0.15) is 12.1 Å². The Bertz CT molecular complexity index is 514. The Morgan fingerprint density at radius 2 is 1.63 bits per heavy atom. The Kier molecular flexibility index (Phi) is 12.0. The Hall–Kier alpha value is -2.20. The van der Waals surface area contributed by atoms with Gasteiger partial charge in [0.25, 0.3) is 0 Å². The smallest absolute Gasteiger partial charge is 0.326 e. The van der Waals surface area contributed by atoms with Crippen LogP contribution in [0.3, 0.4) is 0 Å². The fourth-order valence-corrected chi connectivity index (χ4v) is 2.39. The molecule has 0 aliphatic heterocycles. The van der Waals surface area contributed by atoms with E-state index >= 15 is 0 Å². The second-order valence-corrected chi connectivity index (χ2v) is 6.59. The third kappa shape index (κ3) is 9.90. The van der Waals surface area contributed by atoms with Gasteiger partial charge in [-0.3, -0.25) is 14.4 Å². The number of aliphatic carboxylic acids is 2. The second-order valence-electron chi connectivity index (χ2n) is 6.59. The van der Waals surface area contributed by atoms with Gasteiger partial charge in [0.2, 0.25) is 11.8 Å². The lowest BCUT2D eigenvalue weighted by Crippen LogP contribution is -2.55. The zero-order chi connectivity index (χ0) is 21.0. The van der Waals surface area contributed by atoms with Crippen LogP contribution in [0.1, 0.15) is 52.4 Å². The van der Waals surface area contributed by atoms with Crippen molar-refractivity contribution in [2.75, 3.05) is 6.54 Å². The summed E-state index contributed by atoms with van der Waals surface area (Å²) in [7, 11) is 0. The maximum Gasteiger partial charge on any atom is 0.326 e. The summed E-state index contributed by atoms with van der Waals surface area (Å²) >= 11 is 0. The Morgan fingerprint density at radius 1 is 1.00 bits per heavy atom. The molecular weight excluding hydrogens is 356 g/mol. The van der Waals surface area contributed by atoms with Gasteiger partial charge in [-0.15, -0.1) is 0 Å². The van der Waals surface area contributed by atoms with Crippen molar-refractivity contribution in [3.05, 3.63) is 0 Å². The van der Waals surface area contributed by atoms with Gasteiger partial charge in [-0.1, -0.05) is 20.3 Å². The van der Waals surface area contributed by atoms with E-state index in [0.29, 0.717) is 25.8 Å². The first kappa shape index (κ1) is 24.8. The van der Waals surface area contributed by atoms with Crippen LogP contribution < -0.4 is 22.1 Å². The maximum atomic E-state index is 12.5. The van der Waals surface area contributed by atoms with E-state index in [1.807, 2.05) is 6.92 Å². The summed E-state index contributed by atoms with van der Waals surface area (Å²) < 4.78 is 0. The van der Waals surface area contributed by atoms with Crippen molar-refractivity contribution >= 4 is 23.8 Å². The summed E-state index contributed by atoms with van der Waals surface area (Å²) in [6.07, 6.45) is 1.68. The molecule has 0 aromatic heterocycles. The molecule has 10 nitrogen and oxygen atoms in total. The van der Waals surface area contributed by atoms with Crippen LogP contribution in [0.2, 0.25) is 0 Å². The first-order valence-electron chi connectivity index (χ1n) is 9.14. The fourth-order valence-electron chi connectivity index (χ4n) is 2.39. The van der Waals surface area contributed by atoms with Gasteiger partial charge < -0.3 is 32.3 Å². The molecule has 8 N–H and O–H groups in total. The third-order valence-electron chi connectivity index (χ3n) is 4.36. The number of carbonyl (C=O) groups excluding carboxylic acids is 2. The predicted molar refractivity (Wildman–Crippen MR) is 98.7 cm³/mol. The molecule has 0 fully saturated rings. The summed E-state index contributed by atoms with van der Waals surface area (Å²) in [4.78, 5) is 46.7. The van der Waals surface area contributed by atoms with E-state index in [-0.39, 0.29) is 25.2 Å². The molecule has 0 unspecified atom stereocenters. The van der Waals surface area contributed by atoms with Crippen LogP contribution in [-0.4, -0.2) is 58.6 Å². The van der Waals surface area contributed by atoms with Crippen LogP contribution in [0.25, 0.3) is 0 Å². The van der Waals surface area contributed by atoms with Crippen molar-refractivity contribution in [3.8, 4) is 0 Å². The summed E-state index contributed by atoms with van der Waals surface area (Å²) in [6.45, 7) is 3.95.